The zero-order valence-electron chi connectivity index (χ0n) is 10.9. The van der Waals surface area contributed by atoms with Gasteiger partial charge in [-0.2, -0.15) is 0 Å². The zero-order chi connectivity index (χ0) is 13.4. The smallest absolute Gasteiger partial charge is 0.261 e. The third-order valence-electron chi connectivity index (χ3n) is 3.73. The first kappa shape index (κ1) is 12.1. The summed E-state index contributed by atoms with van der Waals surface area (Å²) in [4.78, 5) is 27.8. The van der Waals surface area contributed by atoms with Gasteiger partial charge in [-0.3, -0.25) is 14.5 Å². The summed E-state index contributed by atoms with van der Waals surface area (Å²) in [5.74, 6) is -0.354. The van der Waals surface area contributed by atoms with Crippen molar-refractivity contribution < 1.29 is 9.59 Å². The molecule has 1 aromatic rings. The standard InChI is InChI=1S/C15H16N2O2/c1-16-8-6-11(10-16)7-9-17-14(18)12-4-2-3-5-13(12)15(17)19/h2-5,7H,6,8-10H2,1H3. The molecule has 0 spiro atoms. The average Bonchev–Trinajstić information content (AvgIpc) is 2.93. The van der Waals surface area contributed by atoms with Crippen molar-refractivity contribution in [2.24, 2.45) is 0 Å². The molecule has 98 valence electrons. The Morgan fingerprint density at radius 1 is 1.16 bits per heavy atom. The van der Waals surface area contributed by atoms with Crippen LogP contribution in [-0.4, -0.2) is 48.3 Å². The van der Waals surface area contributed by atoms with E-state index in [1.54, 1.807) is 24.3 Å². The lowest BCUT2D eigenvalue weighted by molar-refractivity contribution is 0.0672. The van der Waals surface area contributed by atoms with Gasteiger partial charge in [0.05, 0.1) is 11.1 Å². The number of rotatable bonds is 2. The number of fused-ring (bicyclic) bond motifs is 1. The number of nitrogens with zero attached hydrogens (tertiary/aromatic N) is 2. The van der Waals surface area contributed by atoms with Crippen molar-refractivity contribution in [1.82, 2.24) is 9.80 Å². The van der Waals surface area contributed by atoms with Crippen molar-refractivity contribution in [1.29, 1.82) is 0 Å². The topological polar surface area (TPSA) is 40.6 Å². The lowest BCUT2D eigenvalue weighted by Crippen LogP contribution is -2.30. The lowest BCUT2D eigenvalue weighted by atomic mass is 10.1. The minimum Gasteiger partial charge on any atom is -0.302 e. The van der Waals surface area contributed by atoms with Gasteiger partial charge in [-0.15, -0.1) is 0 Å². The second kappa shape index (κ2) is 4.63. The van der Waals surface area contributed by atoms with Crippen LogP contribution in [0.15, 0.2) is 35.9 Å². The molecule has 0 saturated carbocycles. The van der Waals surface area contributed by atoms with Crippen molar-refractivity contribution in [3.63, 3.8) is 0 Å². The van der Waals surface area contributed by atoms with Crippen molar-refractivity contribution in [3.05, 3.63) is 47.0 Å². The second-order valence-corrected chi connectivity index (χ2v) is 5.12. The Balaban J connectivity index is 1.78. The van der Waals surface area contributed by atoms with Crippen LogP contribution in [0.25, 0.3) is 0 Å². The first-order valence-corrected chi connectivity index (χ1v) is 6.48. The van der Waals surface area contributed by atoms with Crippen LogP contribution in [0.3, 0.4) is 0 Å². The Bertz CT molecular complexity index is 542. The Hall–Kier alpha value is -1.94. The van der Waals surface area contributed by atoms with Gasteiger partial charge in [-0.05, 0) is 25.6 Å². The zero-order valence-corrected chi connectivity index (χ0v) is 10.9. The number of likely N-dealkylation sites (tertiary alicyclic amines) is 1. The SMILES string of the molecule is CN1CCC(=CCN2C(=O)c3ccccc3C2=O)C1. The van der Waals surface area contributed by atoms with Gasteiger partial charge < -0.3 is 4.90 Å². The Morgan fingerprint density at radius 3 is 2.32 bits per heavy atom. The third-order valence-corrected chi connectivity index (χ3v) is 3.73. The van der Waals surface area contributed by atoms with Crippen LogP contribution in [0.1, 0.15) is 27.1 Å². The highest BCUT2D eigenvalue weighted by molar-refractivity contribution is 6.21. The molecule has 0 unspecified atom stereocenters. The predicted octanol–water partition coefficient (Wildman–Crippen LogP) is 1.54. The van der Waals surface area contributed by atoms with E-state index in [1.165, 1.54) is 10.5 Å². The van der Waals surface area contributed by atoms with E-state index in [0.29, 0.717) is 17.7 Å². The molecule has 4 heteroatoms. The van der Waals surface area contributed by atoms with Crippen molar-refractivity contribution in [2.75, 3.05) is 26.7 Å². The molecule has 4 nitrogen and oxygen atoms in total. The van der Waals surface area contributed by atoms with Gasteiger partial charge in [0.15, 0.2) is 0 Å². The molecule has 2 aliphatic rings. The van der Waals surface area contributed by atoms with E-state index in [9.17, 15) is 9.59 Å². The molecule has 1 fully saturated rings. The van der Waals surface area contributed by atoms with Gasteiger partial charge in [0, 0.05) is 19.6 Å². The van der Waals surface area contributed by atoms with Crippen LogP contribution in [0.2, 0.25) is 0 Å². The highest BCUT2D eigenvalue weighted by Gasteiger charge is 2.34. The van der Waals surface area contributed by atoms with E-state index in [1.807, 2.05) is 6.08 Å². The molecule has 2 heterocycles. The van der Waals surface area contributed by atoms with Gasteiger partial charge in [0.1, 0.15) is 0 Å². The Morgan fingerprint density at radius 2 is 1.79 bits per heavy atom. The maximum Gasteiger partial charge on any atom is 0.261 e. The van der Waals surface area contributed by atoms with Crippen LogP contribution in [0.5, 0.6) is 0 Å². The maximum atomic E-state index is 12.1. The molecule has 0 aromatic heterocycles. The van der Waals surface area contributed by atoms with Crippen LogP contribution < -0.4 is 0 Å². The van der Waals surface area contributed by atoms with E-state index >= 15 is 0 Å². The summed E-state index contributed by atoms with van der Waals surface area (Å²) >= 11 is 0. The number of carbonyl (C=O) groups is 2. The molecule has 0 aliphatic carbocycles. The number of imide groups is 1. The first-order valence-electron chi connectivity index (χ1n) is 6.48. The summed E-state index contributed by atoms with van der Waals surface area (Å²) in [6, 6.07) is 7.01. The van der Waals surface area contributed by atoms with Crippen LogP contribution in [-0.2, 0) is 0 Å². The van der Waals surface area contributed by atoms with E-state index in [2.05, 4.69) is 11.9 Å². The summed E-state index contributed by atoms with van der Waals surface area (Å²) in [6.07, 6.45) is 3.05. The van der Waals surface area contributed by atoms with Gasteiger partial charge >= 0.3 is 0 Å². The molecule has 1 aromatic carbocycles. The fourth-order valence-electron chi connectivity index (χ4n) is 2.63. The summed E-state index contributed by atoms with van der Waals surface area (Å²) in [7, 11) is 2.07. The van der Waals surface area contributed by atoms with E-state index in [-0.39, 0.29) is 11.8 Å². The predicted molar refractivity (Wildman–Crippen MR) is 72.0 cm³/mol. The second-order valence-electron chi connectivity index (χ2n) is 5.12. The van der Waals surface area contributed by atoms with E-state index < -0.39 is 0 Å². The van der Waals surface area contributed by atoms with Gasteiger partial charge in [-0.25, -0.2) is 0 Å². The van der Waals surface area contributed by atoms with Crippen LogP contribution >= 0.6 is 0 Å². The number of hydrogen-bond acceptors (Lipinski definition) is 3. The quantitative estimate of drug-likeness (QED) is 0.595. The molecule has 0 bridgehead atoms. The van der Waals surface area contributed by atoms with E-state index in [4.69, 9.17) is 0 Å². The molecule has 2 amide bonds. The minimum absolute atomic E-state index is 0.177. The number of amides is 2. The largest absolute Gasteiger partial charge is 0.302 e. The van der Waals surface area contributed by atoms with Crippen LogP contribution in [0.4, 0.5) is 0 Å². The number of carbonyl (C=O) groups excluding carboxylic acids is 2. The highest BCUT2D eigenvalue weighted by atomic mass is 16.2. The number of hydrogen-bond donors (Lipinski definition) is 0. The minimum atomic E-state index is -0.177. The maximum absolute atomic E-state index is 12.1. The van der Waals surface area contributed by atoms with Gasteiger partial charge in [0.2, 0.25) is 0 Å². The number of likely N-dealkylation sites (N-methyl/N-ethyl adjacent to an activating group) is 1. The third kappa shape index (κ3) is 2.08. The van der Waals surface area contributed by atoms with Crippen molar-refractivity contribution in [3.8, 4) is 0 Å². The van der Waals surface area contributed by atoms with E-state index in [0.717, 1.165) is 19.5 Å². The average molecular weight is 256 g/mol. The molecular weight excluding hydrogens is 240 g/mol. The summed E-state index contributed by atoms with van der Waals surface area (Å²) < 4.78 is 0. The molecule has 2 aliphatic heterocycles. The monoisotopic (exact) mass is 256 g/mol. The van der Waals surface area contributed by atoms with Gasteiger partial charge in [-0.1, -0.05) is 23.8 Å². The lowest BCUT2D eigenvalue weighted by Gasteiger charge is -2.11. The first-order chi connectivity index (χ1) is 9.16. The summed E-state index contributed by atoms with van der Waals surface area (Å²) in [5, 5.41) is 0. The van der Waals surface area contributed by atoms with Crippen molar-refractivity contribution in [2.45, 2.75) is 6.42 Å². The molecule has 0 atom stereocenters. The Kier molecular flexibility index (Phi) is 2.95. The molecule has 19 heavy (non-hydrogen) atoms. The molecule has 0 N–H and O–H groups in total. The highest BCUT2D eigenvalue weighted by Crippen LogP contribution is 2.22. The fraction of sp³-hybridized carbons (Fsp3) is 0.333. The summed E-state index contributed by atoms with van der Waals surface area (Å²) in [6.45, 7) is 2.37. The molecular formula is C15H16N2O2. The van der Waals surface area contributed by atoms with Gasteiger partial charge in [0.25, 0.3) is 11.8 Å². The molecule has 3 rings (SSSR count). The summed E-state index contributed by atoms with van der Waals surface area (Å²) in [5.41, 5.74) is 2.35. The number of benzene rings is 1. The molecule has 0 radical (unpaired) electrons. The fourth-order valence-corrected chi connectivity index (χ4v) is 2.63. The Labute approximate surface area is 112 Å². The van der Waals surface area contributed by atoms with Crippen molar-refractivity contribution >= 4 is 11.8 Å². The van der Waals surface area contributed by atoms with Crippen LogP contribution in [0, 0.1) is 0 Å². The normalized spacial score (nSPS) is 21.5. The molecule has 1 saturated heterocycles.